The van der Waals surface area contributed by atoms with Crippen LogP contribution in [0.15, 0.2) is 216 Å². The molecule has 276 valence electrons. The summed E-state index contributed by atoms with van der Waals surface area (Å²) in [5.41, 5.74) is 16.7. The third kappa shape index (κ3) is 4.41. The molecule has 13 rings (SSSR count). The normalized spacial score (nSPS) is 15.9. The molecule has 3 aliphatic carbocycles. The SMILES string of the molecule is C1=CC2=C(c3ccccc3C23c2ccccc2-c2ccccc23)C(N(c2ccc(-c3ccccc3)cc2)c2ccc3cccc4c5cccc6cccc(oc2c34)c65)C1. The van der Waals surface area contributed by atoms with E-state index in [1.807, 2.05) is 0 Å². The molecule has 3 aliphatic rings. The zero-order valence-electron chi connectivity index (χ0n) is 32.3. The first-order valence-corrected chi connectivity index (χ1v) is 20.7. The zero-order valence-corrected chi connectivity index (χ0v) is 32.3. The molecule has 0 saturated carbocycles. The predicted octanol–water partition coefficient (Wildman–Crippen LogP) is 14.8. The van der Waals surface area contributed by atoms with Crippen LogP contribution in [0.4, 0.5) is 11.4 Å². The van der Waals surface area contributed by atoms with Gasteiger partial charge < -0.3 is 9.32 Å². The summed E-state index contributed by atoms with van der Waals surface area (Å²) in [4.78, 5) is 2.60. The fourth-order valence-corrected chi connectivity index (χ4v) is 11.1. The summed E-state index contributed by atoms with van der Waals surface area (Å²) in [5.74, 6) is 0. The molecule has 0 amide bonds. The lowest BCUT2D eigenvalue weighted by atomic mass is 9.69. The smallest absolute Gasteiger partial charge is 0.159 e. The van der Waals surface area contributed by atoms with E-state index in [1.54, 1.807) is 0 Å². The minimum absolute atomic E-state index is 0.0380. The average Bonchev–Trinajstić information content (AvgIpc) is 3.72. The second-order valence-corrected chi connectivity index (χ2v) is 16.2. The molecule has 1 heterocycles. The number of benzene rings is 9. The monoisotopic (exact) mass is 751 g/mol. The van der Waals surface area contributed by atoms with Crippen molar-refractivity contribution in [2.45, 2.75) is 17.9 Å². The molecule has 1 unspecified atom stereocenters. The van der Waals surface area contributed by atoms with Crippen molar-refractivity contribution in [1.29, 1.82) is 0 Å². The molecule has 0 radical (unpaired) electrons. The Bertz CT molecular complexity index is 3370. The van der Waals surface area contributed by atoms with E-state index in [2.05, 4.69) is 211 Å². The van der Waals surface area contributed by atoms with Gasteiger partial charge in [-0.3, -0.25) is 0 Å². The van der Waals surface area contributed by atoms with Crippen LogP contribution in [0.5, 0.6) is 0 Å². The number of allylic oxidation sites excluding steroid dienone is 2. The highest BCUT2D eigenvalue weighted by molar-refractivity contribution is 6.24. The number of hydrogen-bond acceptors (Lipinski definition) is 2. The Morgan fingerprint density at radius 3 is 1.76 bits per heavy atom. The summed E-state index contributed by atoms with van der Waals surface area (Å²) in [7, 11) is 0. The van der Waals surface area contributed by atoms with Gasteiger partial charge in [-0.05, 0) is 108 Å². The van der Waals surface area contributed by atoms with Gasteiger partial charge in [-0.25, -0.2) is 0 Å². The molecule has 0 bridgehead atoms. The van der Waals surface area contributed by atoms with Crippen LogP contribution >= 0.6 is 0 Å². The minimum Gasteiger partial charge on any atom is -0.454 e. The third-order valence-electron chi connectivity index (χ3n) is 13.4. The van der Waals surface area contributed by atoms with Crippen LogP contribution in [-0.2, 0) is 5.41 Å². The van der Waals surface area contributed by atoms with E-state index >= 15 is 0 Å². The maximum absolute atomic E-state index is 7.36. The Hall–Kier alpha value is -7.42. The first-order valence-electron chi connectivity index (χ1n) is 20.7. The highest BCUT2D eigenvalue weighted by Gasteiger charge is 2.54. The van der Waals surface area contributed by atoms with Crippen molar-refractivity contribution in [2.75, 3.05) is 4.90 Å². The third-order valence-corrected chi connectivity index (χ3v) is 13.4. The number of hydrogen-bond donors (Lipinski definition) is 0. The number of nitrogens with zero attached hydrogens (tertiary/aromatic N) is 1. The Labute approximate surface area is 342 Å². The maximum atomic E-state index is 7.36. The summed E-state index contributed by atoms with van der Waals surface area (Å²) in [5, 5.41) is 7.03. The summed E-state index contributed by atoms with van der Waals surface area (Å²) < 4.78 is 7.36. The van der Waals surface area contributed by atoms with Crippen LogP contribution < -0.4 is 4.90 Å². The number of anilines is 2. The molecule has 2 nitrogen and oxygen atoms in total. The van der Waals surface area contributed by atoms with E-state index in [9.17, 15) is 0 Å². The van der Waals surface area contributed by atoms with Crippen LogP contribution in [-0.4, -0.2) is 6.04 Å². The van der Waals surface area contributed by atoms with Crippen LogP contribution in [0.25, 0.3) is 71.3 Å². The Balaban J connectivity index is 1.13. The van der Waals surface area contributed by atoms with E-state index in [4.69, 9.17) is 4.42 Å². The highest BCUT2D eigenvalue weighted by Crippen LogP contribution is 2.64. The minimum atomic E-state index is -0.423. The van der Waals surface area contributed by atoms with E-state index < -0.39 is 5.41 Å². The molecule has 0 aliphatic heterocycles. The molecule has 10 aromatic rings. The standard InChI is InChI=1S/C57H37NO/c1-2-14-36(15-3-1)37-30-33-40(34-31-37)58(51-35-32-39-17-11-23-44-43-22-10-16-38-18-12-29-52(53(38)43)59-56(51)54(39)44)50-28-13-27-49-55(50)45-21-6-9-26-48(45)57(49)46-24-7-4-19-41(46)42-20-5-8-25-47(42)57/h1-27,29-35,50H,28H2. The zero-order chi connectivity index (χ0) is 38.7. The molecule has 1 aromatic heterocycles. The molecular weight excluding hydrogens is 715 g/mol. The summed E-state index contributed by atoms with van der Waals surface area (Å²) in [6.07, 6.45) is 5.71. The average molecular weight is 752 g/mol. The fraction of sp³-hybridized carbons (Fsp3) is 0.0526. The topological polar surface area (TPSA) is 16.4 Å². The lowest BCUT2D eigenvalue weighted by Gasteiger charge is -2.38. The van der Waals surface area contributed by atoms with Gasteiger partial charge in [0.05, 0.1) is 17.1 Å². The van der Waals surface area contributed by atoms with Gasteiger partial charge in [0, 0.05) is 16.5 Å². The molecule has 59 heavy (non-hydrogen) atoms. The molecule has 1 spiro atoms. The molecular formula is C57H37NO. The van der Waals surface area contributed by atoms with Crippen molar-refractivity contribution in [2.24, 2.45) is 0 Å². The van der Waals surface area contributed by atoms with Crippen molar-refractivity contribution >= 4 is 60.4 Å². The lowest BCUT2D eigenvalue weighted by molar-refractivity contribution is 0.660. The van der Waals surface area contributed by atoms with Crippen molar-refractivity contribution in [1.82, 2.24) is 0 Å². The molecule has 1 atom stereocenters. The molecule has 2 heteroatoms. The number of rotatable bonds is 4. The van der Waals surface area contributed by atoms with E-state index in [-0.39, 0.29) is 6.04 Å². The summed E-state index contributed by atoms with van der Waals surface area (Å²) in [6, 6.07) is 71.5. The van der Waals surface area contributed by atoms with Gasteiger partial charge in [-0.15, -0.1) is 0 Å². The van der Waals surface area contributed by atoms with Gasteiger partial charge in [0.15, 0.2) is 5.58 Å². The number of fused-ring (bicyclic) bond motifs is 10. The molecule has 0 saturated heterocycles. The van der Waals surface area contributed by atoms with Crippen LogP contribution in [0.1, 0.15) is 28.7 Å². The van der Waals surface area contributed by atoms with Gasteiger partial charge in [0.25, 0.3) is 0 Å². The van der Waals surface area contributed by atoms with Gasteiger partial charge in [-0.1, -0.05) is 182 Å². The largest absolute Gasteiger partial charge is 0.454 e. The first-order chi connectivity index (χ1) is 29.3. The van der Waals surface area contributed by atoms with Crippen molar-refractivity contribution in [3.63, 3.8) is 0 Å². The predicted molar refractivity (Wildman–Crippen MR) is 245 cm³/mol. The van der Waals surface area contributed by atoms with Crippen molar-refractivity contribution in [3.05, 3.63) is 234 Å². The molecule has 0 N–H and O–H groups in total. The van der Waals surface area contributed by atoms with E-state index in [1.165, 1.54) is 77.2 Å². The molecule has 0 fully saturated rings. The molecule has 9 aromatic carbocycles. The van der Waals surface area contributed by atoms with Gasteiger partial charge in [0.1, 0.15) is 5.58 Å². The second kappa shape index (κ2) is 12.3. The van der Waals surface area contributed by atoms with Gasteiger partial charge in [0.2, 0.25) is 0 Å². The Morgan fingerprint density at radius 2 is 1.05 bits per heavy atom. The quantitative estimate of drug-likeness (QED) is 0.178. The Kier molecular flexibility index (Phi) is 6.80. The van der Waals surface area contributed by atoms with Crippen LogP contribution in [0.2, 0.25) is 0 Å². The summed E-state index contributed by atoms with van der Waals surface area (Å²) in [6.45, 7) is 0. The van der Waals surface area contributed by atoms with Crippen molar-refractivity contribution in [3.8, 4) is 22.3 Å². The van der Waals surface area contributed by atoms with Crippen LogP contribution in [0.3, 0.4) is 0 Å². The Morgan fingerprint density at radius 1 is 0.475 bits per heavy atom. The fourth-order valence-electron chi connectivity index (χ4n) is 11.1. The van der Waals surface area contributed by atoms with E-state index in [0.717, 1.165) is 39.7 Å². The van der Waals surface area contributed by atoms with E-state index in [0.29, 0.717) is 0 Å². The maximum Gasteiger partial charge on any atom is 0.159 e. The van der Waals surface area contributed by atoms with Gasteiger partial charge in [-0.2, -0.15) is 0 Å². The van der Waals surface area contributed by atoms with Gasteiger partial charge >= 0.3 is 0 Å². The highest BCUT2D eigenvalue weighted by atomic mass is 16.3. The second-order valence-electron chi connectivity index (χ2n) is 16.2. The van der Waals surface area contributed by atoms with Crippen LogP contribution in [0, 0.1) is 0 Å². The first kappa shape index (κ1) is 32.6. The summed E-state index contributed by atoms with van der Waals surface area (Å²) >= 11 is 0. The van der Waals surface area contributed by atoms with Crippen molar-refractivity contribution < 1.29 is 4.42 Å². The lowest BCUT2D eigenvalue weighted by Crippen LogP contribution is -2.34.